The number of aliphatic hydroxyl groups excluding tert-OH is 1. The van der Waals surface area contributed by atoms with Gasteiger partial charge in [0.2, 0.25) is 11.7 Å². The van der Waals surface area contributed by atoms with Gasteiger partial charge in [-0.15, -0.1) is 0 Å². The third kappa shape index (κ3) is 4.20. The van der Waals surface area contributed by atoms with E-state index >= 15 is 0 Å². The molecule has 5 rings (SSSR count). The van der Waals surface area contributed by atoms with Crippen LogP contribution in [0.1, 0.15) is 43.6 Å². The SMILES string of the molecule is COc1ccc(/C(O)=C2/C(=O)C(=O)N(c3ccc(-c4noc(C)n4)cc3)C2C2CCCCC2)cc1. The van der Waals surface area contributed by atoms with Crippen molar-refractivity contribution in [2.24, 2.45) is 5.92 Å². The van der Waals surface area contributed by atoms with Gasteiger partial charge in [0.05, 0.1) is 18.7 Å². The smallest absolute Gasteiger partial charge is 0.299 e. The van der Waals surface area contributed by atoms with Gasteiger partial charge in [0.15, 0.2) is 0 Å². The molecule has 0 spiro atoms. The molecule has 0 radical (unpaired) electrons. The Hall–Kier alpha value is -3.94. The number of aryl methyl sites for hydroxylation is 1. The van der Waals surface area contributed by atoms with E-state index in [9.17, 15) is 14.7 Å². The number of hydrogen-bond donors (Lipinski definition) is 1. The van der Waals surface area contributed by atoms with Gasteiger partial charge in [0.25, 0.3) is 11.7 Å². The molecule has 1 unspecified atom stereocenters. The number of carbonyl (C=O) groups is 2. The molecule has 1 aliphatic heterocycles. The number of amides is 1. The molecule has 0 bridgehead atoms. The van der Waals surface area contributed by atoms with Gasteiger partial charge in [-0.2, -0.15) is 4.98 Å². The minimum Gasteiger partial charge on any atom is -0.507 e. The molecule has 1 aromatic heterocycles. The highest BCUT2D eigenvalue weighted by Crippen LogP contribution is 2.41. The van der Waals surface area contributed by atoms with Gasteiger partial charge >= 0.3 is 0 Å². The van der Waals surface area contributed by atoms with Crippen LogP contribution in [0.2, 0.25) is 0 Å². The molecule has 35 heavy (non-hydrogen) atoms. The Kier molecular flexibility index (Phi) is 6.11. The summed E-state index contributed by atoms with van der Waals surface area (Å²) < 4.78 is 10.3. The number of aromatic nitrogens is 2. The summed E-state index contributed by atoms with van der Waals surface area (Å²) in [6.07, 6.45) is 4.98. The highest BCUT2D eigenvalue weighted by molar-refractivity contribution is 6.51. The molecule has 1 aliphatic carbocycles. The first-order chi connectivity index (χ1) is 17.0. The lowest BCUT2D eigenvalue weighted by molar-refractivity contribution is -0.132. The largest absolute Gasteiger partial charge is 0.507 e. The molecular weight excluding hydrogens is 446 g/mol. The van der Waals surface area contributed by atoms with Crippen molar-refractivity contribution in [3.63, 3.8) is 0 Å². The van der Waals surface area contributed by atoms with E-state index < -0.39 is 17.7 Å². The van der Waals surface area contributed by atoms with Crippen LogP contribution in [-0.4, -0.2) is 40.1 Å². The van der Waals surface area contributed by atoms with Crippen molar-refractivity contribution in [2.45, 2.75) is 45.1 Å². The van der Waals surface area contributed by atoms with E-state index in [1.165, 1.54) is 0 Å². The van der Waals surface area contributed by atoms with E-state index in [0.717, 1.165) is 37.7 Å². The van der Waals surface area contributed by atoms with Crippen molar-refractivity contribution in [1.82, 2.24) is 10.1 Å². The fourth-order valence-corrected chi connectivity index (χ4v) is 5.13. The van der Waals surface area contributed by atoms with Gasteiger partial charge in [0.1, 0.15) is 11.5 Å². The van der Waals surface area contributed by atoms with E-state index in [0.29, 0.717) is 28.7 Å². The van der Waals surface area contributed by atoms with Gasteiger partial charge in [-0.1, -0.05) is 24.4 Å². The maximum atomic E-state index is 13.3. The summed E-state index contributed by atoms with van der Waals surface area (Å²) in [6, 6.07) is 13.5. The molecule has 1 atom stereocenters. The molecule has 180 valence electrons. The molecule has 2 heterocycles. The third-order valence-corrected chi connectivity index (χ3v) is 6.88. The number of hydrogen-bond acceptors (Lipinski definition) is 7. The van der Waals surface area contributed by atoms with Crippen molar-refractivity contribution >= 4 is 23.1 Å². The zero-order valence-corrected chi connectivity index (χ0v) is 19.7. The summed E-state index contributed by atoms with van der Waals surface area (Å²) in [6.45, 7) is 1.72. The van der Waals surface area contributed by atoms with Gasteiger partial charge in [0, 0.05) is 23.7 Å². The summed E-state index contributed by atoms with van der Waals surface area (Å²) in [7, 11) is 1.56. The van der Waals surface area contributed by atoms with Crippen LogP contribution in [0.4, 0.5) is 5.69 Å². The molecule has 2 aliphatic rings. The first-order valence-electron chi connectivity index (χ1n) is 11.8. The number of methoxy groups -OCH3 is 1. The molecule has 8 nitrogen and oxygen atoms in total. The quantitative estimate of drug-likeness (QED) is 0.320. The number of aliphatic hydroxyl groups is 1. The number of benzene rings is 2. The number of nitrogens with zero attached hydrogens (tertiary/aromatic N) is 3. The molecular formula is C27H27N3O5. The number of carbonyl (C=O) groups excluding carboxylic acids is 2. The van der Waals surface area contributed by atoms with E-state index in [4.69, 9.17) is 9.26 Å². The van der Waals surface area contributed by atoms with Crippen LogP contribution >= 0.6 is 0 Å². The Balaban J connectivity index is 1.57. The highest BCUT2D eigenvalue weighted by Gasteiger charge is 2.49. The van der Waals surface area contributed by atoms with Crippen LogP contribution in [0.3, 0.4) is 0 Å². The average Bonchev–Trinajstić information content (AvgIpc) is 3.45. The van der Waals surface area contributed by atoms with Gasteiger partial charge in [-0.3, -0.25) is 14.5 Å². The monoisotopic (exact) mass is 473 g/mol. The number of Topliss-reactive ketones (excluding diaryl/α,β-unsaturated/α-hetero) is 1. The fraction of sp³-hybridized carbons (Fsp3) is 0.333. The minimum atomic E-state index is -0.660. The molecule has 1 amide bonds. The Morgan fingerprint density at radius 3 is 2.31 bits per heavy atom. The lowest BCUT2D eigenvalue weighted by Crippen LogP contribution is -2.40. The van der Waals surface area contributed by atoms with Gasteiger partial charge < -0.3 is 14.4 Å². The zero-order chi connectivity index (χ0) is 24.5. The number of anilines is 1. The average molecular weight is 474 g/mol. The normalized spacial score (nSPS) is 20.4. The second-order valence-corrected chi connectivity index (χ2v) is 9.02. The molecule has 1 saturated carbocycles. The van der Waals surface area contributed by atoms with E-state index in [1.54, 1.807) is 67.5 Å². The standard InChI is InChI=1S/C27H27N3O5/c1-16-28-26(29-35-16)19-8-12-20(13-9-19)30-23(17-6-4-3-5-7-17)22(25(32)27(30)33)24(31)18-10-14-21(34-2)15-11-18/h8-15,17,23,31H,3-7H2,1-2H3/b24-22-. The van der Waals surface area contributed by atoms with Gasteiger partial charge in [-0.25, -0.2) is 0 Å². The van der Waals surface area contributed by atoms with Crippen molar-refractivity contribution in [3.05, 3.63) is 65.6 Å². The molecule has 8 heteroatoms. The summed E-state index contributed by atoms with van der Waals surface area (Å²) in [5, 5.41) is 15.2. The summed E-state index contributed by atoms with van der Waals surface area (Å²) >= 11 is 0. The van der Waals surface area contributed by atoms with Crippen molar-refractivity contribution in [2.75, 3.05) is 12.0 Å². The Morgan fingerprint density at radius 1 is 1.03 bits per heavy atom. The number of ketones is 1. The molecule has 2 fully saturated rings. The summed E-state index contributed by atoms with van der Waals surface area (Å²) in [4.78, 5) is 32.4. The number of ether oxygens (including phenoxy) is 1. The second-order valence-electron chi connectivity index (χ2n) is 9.02. The van der Waals surface area contributed by atoms with Crippen LogP contribution in [-0.2, 0) is 9.59 Å². The maximum absolute atomic E-state index is 13.3. The van der Waals surface area contributed by atoms with Crippen LogP contribution in [0.15, 0.2) is 58.6 Å². The van der Waals surface area contributed by atoms with E-state index in [-0.39, 0.29) is 17.3 Å². The summed E-state index contributed by atoms with van der Waals surface area (Å²) in [5.74, 6) is 0.204. The van der Waals surface area contributed by atoms with Crippen molar-refractivity contribution in [3.8, 4) is 17.1 Å². The molecule has 1 N–H and O–H groups in total. The molecule has 2 aromatic carbocycles. The lowest BCUT2D eigenvalue weighted by atomic mass is 9.80. The summed E-state index contributed by atoms with van der Waals surface area (Å²) in [5.41, 5.74) is 1.99. The second kappa shape index (κ2) is 9.37. The van der Waals surface area contributed by atoms with Crippen LogP contribution in [0.25, 0.3) is 17.1 Å². The van der Waals surface area contributed by atoms with E-state index in [2.05, 4.69) is 10.1 Å². The third-order valence-electron chi connectivity index (χ3n) is 6.88. The van der Waals surface area contributed by atoms with Crippen LogP contribution in [0.5, 0.6) is 5.75 Å². The Labute approximate surface area is 203 Å². The lowest BCUT2D eigenvalue weighted by Gasteiger charge is -2.34. The Bertz CT molecular complexity index is 1270. The predicted octanol–water partition coefficient (Wildman–Crippen LogP) is 4.89. The van der Waals surface area contributed by atoms with Crippen molar-refractivity contribution < 1.29 is 24.0 Å². The first-order valence-corrected chi connectivity index (χ1v) is 11.8. The van der Waals surface area contributed by atoms with Gasteiger partial charge in [-0.05, 0) is 67.3 Å². The first kappa shape index (κ1) is 22.8. The number of rotatable bonds is 5. The maximum Gasteiger partial charge on any atom is 0.299 e. The molecule has 3 aromatic rings. The zero-order valence-electron chi connectivity index (χ0n) is 19.7. The van der Waals surface area contributed by atoms with Crippen LogP contribution < -0.4 is 9.64 Å². The topological polar surface area (TPSA) is 106 Å². The van der Waals surface area contributed by atoms with Crippen molar-refractivity contribution in [1.29, 1.82) is 0 Å². The van der Waals surface area contributed by atoms with E-state index in [1.807, 2.05) is 0 Å². The fourth-order valence-electron chi connectivity index (χ4n) is 5.13. The van der Waals surface area contributed by atoms with Crippen LogP contribution in [0, 0.1) is 12.8 Å². The molecule has 1 saturated heterocycles. The highest BCUT2D eigenvalue weighted by atomic mass is 16.5. The predicted molar refractivity (Wildman–Crippen MR) is 130 cm³/mol. The Morgan fingerprint density at radius 2 is 1.71 bits per heavy atom. The minimum absolute atomic E-state index is 0.0779.